The second-order valence-corrected chi connectivity index (χ2v) is 6.85. The molecule has 1 fully saturated rings. The highest BCUT2D eigenvalue weighted by molar-refractivity contribution is 7.91. The van der Waals surface area contributed by atoms with Gasteiger partial charge in [-0.3, -0.25) is 0 Å². The van der Waals surface area contributed by atoms with E-state index >= 15 is 0 Å². The van der Waals surface area contributed by atoms with Gasteiger partial charge in [-0.2, -0.15) is 0 Å². The van der Waals surface area contributed by atoms with E-state index in [-0.39, 0.29) is 11.9 Å². The van der Waals surface area contributed by atoms with Crippen LogP contribution in [0, 0.1) is 0 Å². The number of anilines is 1. The third kappa shape index (κ3) is 3.26. The molecule has 2 N–H and O–H groups in total. The topological polar surface area (TPSA) is 72.6 Å². The Labute approximate surface area is 114 Å². The largest absolute Gasteiger partial charge is 0.373 e. The van der Waals surface area contributed by atoms with E-state index in [1.165, 1.54) is 0 Å². The van der Waals surface area contributed by atoms with E-state index in [0.29, 0.717) is 18.0 Å². The third-order valence-electron chi connectivity index (χ3n) is 3.34. The number of hydrogen-bond donors (Lipinski definition) is 1. The Hall–Kier alpha value is -1.11. The molecule has 0 saturated carbocycles. The van der Waals surface area contributed by atoms with Crippen LogP contribution in [0.15, 0.2) is 29.2 Å². The Kier molecular flexibility index (Phi) is 4.44. The maximum atomic E-state index is 11.7. The van der Waals surface area contributed by atoms with Crippen LogP contribution in [0.4, 0.5) is 5.69 Å². The smallest absolute Gasteiger partial charge is 0.178 e. The Morgan fingerprint density at radius 3 is 2.63 bits per heavy atom. The van der Waals surface area contributed by atoms with Gasteiger partial charge in [0.25, 0.3) is 0 Å². The summed E-state index contributed by atoms with van der Waals surface area (Å²) in [5, 5.41) is 0. The lowest BCUT2D eigenvalue weighted by Crippen LogP contribution is -2.45. The van der Waals surface area contributed by atoms with Gasteiger partial charge in [-0.1, -0.05) is 6.92 Å². The molecule has 0 aromatic heterocycles. The molecule has 106 valence electrons. The van der Waals surface area contributed by atoms with Crippen molar-refractivity contribution in [3.05, 3.63) is 24.3 Å². The first-order valence-corrected chi connectivity index (χ1v) is 8.11. The lowest BCUT2D eigenvalue weighted by Gasteiger charge is -2.34. The average molecular weight is 284 g/mol. The zero-order valence-electron chi connectivity index (χ0n) is 11.1. The summed E-state index contributed by atoms with van der Waals surface area (Å²) >= 11 is 0. The number of morpholine rings is 1. The lowest BCUT2D eigenvalue weighted by atomic mass is 10.2. The fourth-order valence-corrected chi connectivity index (χ4v) is 3.01. The van der Waals surface area contributed by atoms with Crippen molar-refractivity contribution < 1.29 is 13.2 Å². The lowest BCUT2D eigenvalue weighted by molar-refractivity contribution is 0.0466. The molecule has 0 radical (unpaired) electrons. The Morgan fingerprint density at radius 2 is 2.05 bits per heavy atom. The summed E-state index contributed by atoms with van der Waals surface area (Å²) in [6, 6.07) is 7.03. The van der Waals surface area contributed by atoms with Crippen LogP contribution in [0.5, 0.6) is 0 Å². The Balaban J connectivity index is 2.14. The van der Waals surface area contributed by atoms with Gasteiger partial charge < -0.3 is 15.4 Å². The van der Waals surface area contributed by atoms with Crippen molar-refractivity contribution in [1.82, 2.24) is 0 Å². The Morgan fingerprint density at radius 1 is 1.37 bits per heavy atom. The van der Waals surface area contributed by atoms with Crippen molar-refractivity contribution in [3.8, 4) is 0 Å². The highest BCUT2D eigenvalue weighted by Gasteiger charge is 2.20. The monoisotopic (exact) mass is 284 g/mol. The third-order valence-corrected chi connectivity index (χ3v) is 5.09. The summed E-state index contributed by atoms with van der Waals surface area (Å²) in [5.41, 5.74) is 6.62. The number of nitrogens with two attached hydrogens (primary N) is 1. The summed E-state index contributed by atoms with van der Waals surface area (Å²) in [5.74, 6) is 0.124. The minimum atomic E-state index is -3.12. The first-order chi connectivity index (χ1) is 9.06. The van der Waals surface area contributed by atoms with Crippen molar-refractivity contribution in [2.75, 3.05) is 36.9 Å². The molecule has 0 spiro atoms. The van der Waals surface area contributed by atoms with E-state index in [2.05, 4.69) is 4.90 Å². The standard InChI is InChI=1S/C13H20N2O3S/c1-2-19(16,17)13-5-3-11(4-6-13)15-7-8-18-12(9-14)10-15/h3-6,12H,2,7-10,14H2,1H3. The molecule has 1 unspecified atom stereocenters. The zero-order chi connectivity index (χ0) is 13.9. The van der Waals surface area contributed by atoms with Crippen LogP contribution in [0.2, 0.25) is 0 Å². The van der Waals surface area contributed by atoms with Crippen LogP contribution in [-0.4, -0.2) is 46.5 Å². The van der Waals surface area contributed by atoms with Crippen LogP contribution >= 0.6 is 0 Å². The SMILES string of the molecule is CCS(=O)(=O)c1ccc(N2CCOC(CN)C2)cc1. The molecule has 0 bridgehead atoms. The summed E-state index contributed by atoms with van der Waals surface area (Å²) in [6.45, 7) is 4.35. The fourth-order valence-electron chi connectivity index (χ4n) is 2.13. The highest BCUT2D eigenvalue weighted by Crippen LogP contribution is 2.20. The minimum absolute atomic E-state index is 0.0489. The average Bonchev–Trinajstić information content (AvgIpc) is 2.47. The molecule has 1 saturated heterocycles. The first-order valence-electron chi connectivity index (χ1n) is 6.46. The van der Waals surface area contributed by atoms with Crippen LogP contribution in [0.25, 0.3) is 0 Å². The van der Waals surface area contributed by atoms with Crippen molar-refractivity contribution in [2.45, 2.75) is 17.9 Å². The summed E-state index contributed by atoms with van der Waals surface area (Å²) in [4.78, 5) is 2.55. The van der Waals surface area contributed by atoms with E-state index < -0.39 is 9.84 Å². The number of sulfone groups is 1. The normalized spacial score (nSPS) is 20.5. The van der Waals surface area contributed by atoms with Crippen molar-refractivity contribution in [2.24, 2.45) is 5.73 Å². The second-order valence-electron chi connectivity index (χ2n) is 4.57. The van der Waals surface area contributed by atoms with Gasteiger partial charge in [0.15, 0.2) is 9.84 Å². The fraction of sp³-hybridized carbons (Fsp3) is 0.538. The molecule has 1 heterocycles. The predicted molar refractivity (Wildman–Crippen MR) is 75.2 cm³/mol. The Bertz CT molecular complexity index is 513. The summed E-state index contributed by atoms with van der Waals surface area (Å²) in [7, 11) is -3.12. The van der Waals surface area contributed by atoms with Gasteiger partial charge in [0, 0.05) is 25.3 Å². The molecule has 5 nitrogen and oxygen atoms in total. The van der Waals surface area contributed by atoms with Gasteiger partial charge in [-0.05, 0) is 24.3 Å². The second kappa shape index (κ2) is 5.90. The molecule has 1 aliphatic rings. The van der Waals surface area contributed by atoms with Gasteiger partial charge in [0.2, 0.25) is 0 Å². The van der Waals surface area contributed by atoms with E-state index in [0.717, 1.165) is 18.8 Å². The molecular weight excluding hydrogens is 264 g/mol. The minimum Gasteiger partial charge on any atom is -0.373 e. The van der Waals surface area contributed by atoms with Gasteiger partial charge >= 0.3 is 0 Å². The molecule has 0 aliphatic carbocycles. The van der Waals surface area contributed by atoms with Crippen LogP contribution in [0.3, 0.4) is 0 Å². The number of hydrogen-bond acceptors (Lipinski definition) is 5. The molecule has 1 aromatic carbocycles. The van der Waals surface area contributed by atoms with Crippen LogP contribution < -0.4 is 10.6 Å². The van der Waals surface area contributed by atoms with Gasteiger partial charge in [-0.25, -0.2) is 8.42 Å². The summed E-state index contributed by atoms with van der Waals surface area (Å²) in [6.07, 6.45) is 0.0489. The maximum Gasteiger partial charge on any atom is 0.178 e. The van der Waals surface area contributed by atoms with Crippen molar-refractivity contribution >= 4 is 15.5 Å². The highest BCUT2D eigenvalue weighted by atomic mass is 32.2. The predicted octanol–water partition coefficient (Wildman–Crippen LogP) is 0.644. The quantitative estimate of drug-likeness (QED) is 0.878. The van der Waals surface area contributed by atoms with Crippen molar-refractivity contribution in [3.63, 3.8) is 0 Å². The molecule has 2 rings (SSSR count). The number of benzene rings is 1. The van der Waals surface area contributed by atoms with Gasteiger partial charge in [0.1, 0.15) is 0 Å². The number of ether oxygens (including phenoxy) is 1. The molecule has 1 aliphatic heterocycles. The van der Waals surface area contributed by atoms with Crippen LogP contribution in [-0.2, 0) is 14.6 Å². The van der Waals surface area contributed by atoms with E-state index in [9.17, 15) is 8.42 Å². The zero-order valence-corrected chi connectivity index (χ0v) is 11.9. The molecule has 1 atom stereocenters. The molecule has 19 heavy (non-hydrogen) atoms. The molecular formula is C13H20N2O3S. The molecule has 1 aromatic rings. The first kappa shape index (κ1) is 14.3. The summed E-state index contributed by atoms with van der Waals surface area (Å²) < 4.78 is 29.0. The van der Waals surface area contributed by atoms with Gasteiger partial charge in [-0.15, -0.1) is 0 Å². The van der Waals surface area contributed by atoms with Gasteiger partial charge in [0.05, 0.1) is 23.4 Å². The molecule has 6 heteroatoms. The van der Waals surface area contributed by atoms with E-state index in [1.807, 2.05) is 12.1 Å². The van der Waals surface area contributed by atoms with E-state index in [4.69, 9.17) is 10.5 Å². The molecule has 0 amide bonds. The van der Waals surface area contributed by atoms with Crippen molar-refractivity contribution in [1.29, 1.82) is 0 Å². The van der Waals surface area contributed by atoms with E-state index in [1.54, 1.807) is 19.1 Å². The number of rotatable bonds is 4. The maximum absolute atomic E-state index is 11.7. The van der Waals surface area contributed by atoms with Crippen LogP contribution in [0.1, 0.15) is 6.92 Å². The number of nitrogens with zero attached hydrogens (tertiary/aromatic N) is 1.